The van der Waals surface area contributed by atoms with Crippen LogP contribution in [0.2, 0.25) is 0 Å². The second-order valence-electron chi connectivity index (χ2n) is 12.2. The summed E-state index contributed by atoms with van der Waals surface area (Å²) in [5, 5.41) is 30.6. The summed E-state index contributed by atoms with van der Waals surface area (Å²) in [5.41, 5.74) is 1.58. The zero-order valence-electron chi connectivity index (χ0n) is 27.2. The lowest BCUT2D eigenvalue weighted by atomic mass is 9.96. The number of nitrogens with one attached hydrogen (secondary N) is 3. The van der Waals surface area contributed by atoms with Crippen molar-refractivity contribution in [3.8, 4) is 0 Å². The first-order chi connectivity index (χ1) is 21.0. The van der Waals surface area contributed by atoms with E-state index in [2.05, 4.69) is 27.5 Å². The molecular formula is C31H50N4O9S. The van der Waals surface area contributed by atoms with Gasteiger partial charge in [-0.3, -0.25) is 24.0 Å². The number of rotatable bonds is 20. The maximum absolute atomic E-state index is 13.2. The highest BCUT2D eigenvalue weighted by Crippen LogP contribution is 2.14. The molecule has 0 saturated heterocycles. The number of aliphatic hydroxyl groups is 2. The van der Waals surface area contributed by atoms with Gasteiger partial charge >= 0.3 is 11.9 Å². The van der Waals surface area contributed by atoms with E-state index in [0.29, 0.717) is 18.5 Å². The second kappa shape index (κ2) is 19.9. The molecule has 14 heteroatoms. The number of ether oxygens (including phenoxy) is 2. The summed E-state index contributed by atoms with van der Waals surface area (Å²) in [6.45, 7) is 13.8. The Hall–Kier alpha value is -3.36. The Morgan fingerprint density at radius 2 is 1.69 bits per heavy atom. The van der Waals surface area contributed by atoms with E-state index in [1.165, 1.54) is 24.3 Å². The molecule has 1 aromatic heterocycles. The SMILES string of the molecule is C=CCOC(=O)C[C@H](O)[C@H](NC(=O)[C@@H](C)NC(=O)[C@@H](Cc1cscn1)NC(=O)C[C@H](O)CCCCC(=O)OC(C)(C)C)C(C)C. The van der Waals surface area contributed by atoms with Crippen LogP contribution in [0.25, 0.3) is 0 Å². The third-order valence-corrected chi connectivity index (χ3v) is 7.12. The molecule has 0 aliphatic heterocycles. The van der Waals surface area contributed by atoms with Crippen molar-refractivity contribution in [2.24, 2.45) is 5.92 Å². The minimum absolute atomic E-state index is 0.000735. The van der Waals surface area contributed by atoms with E-state index in [0.717, 1.165) is 0 Å². The lowest BCUT2D eigenvalue weighted by molar-refractivity contribution is -0.155. The standard InChI is InChI=1S/C31H50N4O9S/c1-8-13-43-27(40)16-24(37)28(19(2)3)35-29(41)20(4)33-30(42)23(14-21-17-45-18-32-21)34-25(38)15-22(36)11-9-10-12-26(39)44-31(5,6)7/h8,17-20,22-24,28,36-37H,1,9-16H2,2-7H3,(H,33,42)(H,34,38)(H,35,41)/t20-,22-,23-,24+,28-/m1/s1. The average Bonchev–Trinajstić information content (AvgIpc) is 3.44. The molecule has 1 heterocycles. The fourth-order valence-electron chi connectivity index (χ4n) is 4.25. The van der Waals surface area contributed by atoms with Crippen LogP contribution in [-0.4, -0.2) is 87.4 Å². The van der Waals surface area contributed by atoms with Crippen LogP contribution in [0.5, 0.6) is 0 Å². The molecule has 0 bridgehead atoms. The number of thiazole rings is 1. The molecule has 5 N–H and O–H groups in total. The molecule has 0 radical (unpaired) electrons. The van der Waals surface area contributed by atoms with Crippen LogP contribution in [0, 0.1) is 5.92 Å². The number of carbonyl (C=O) groups excluding carboxylic acids is 5. The Kier molecular flexibility index (Phi) is 17.5. The van der Waals surface area contributed by atoms with E-state index in [1.54, 1.807) is 45.5 Å². The monoisotopic (exact) mass is 654 g/mol. The molecule has 45 heavy (non-hydrogen) atoms. The number of nitrogens with zero attached hydrogens (tertiary/aromatic N) is 1. The van der Waals surface area contributed by atoms with Crippen LogP contribution in [0.3, 0.4) is 0 Å². The Balaban J connectivity index is 2.73. The fraction of sp³-hybridized carbons (Fsp3) is 0.677. The zero-order chi connectivity index (χ0) is 34.2. The fourth-order valence-corrected chi connectivity index (χ4v) is 4.82. The zero-order valence-corrected chi connectivity index (χ0v) is 28.0. The van der Waals surface area contributed by atoms with Gasteiger partial charge in [0.05, 0.1) is 42.3 Å². The van der Waals surface area contributed by atoms with Crippen LogP contribution < -0.4 is 16.0 Å². The van der Waals surface area contributed by atoms with Gasteiger partial charge in [0.15, 0.2) is 0 Å². The van der Waals surface area contributed by atoms with Gasteiger partial charge in [0.1, 0.15) is 24.3 Å². The van der Waals surface area contributed by atoms with Crippen molar-refractivity contribution < 1.29 is 43.7 Å². The third kappa shape index (κ3) is 17.1. The molecule has 0 aliphatic rings. The maximum atomic E-state index is 13.2. The molecule has 0 aromatic carbocycles. The van der Waals surface area contributed by atoms with Crippen LogP contribution >= 0.6 is 11.3 Å². The van der Waals surface area contributed by atoms with Gasteiger partial charge in [0.2, 0.25) is 17.7 Å². The summed E-state index contributed by atoms with van der Waals surface area (Å²) in [6.07, 6.45) is 0.145. The highest BCUT2D eigenvalue weighted by Gasteiger charge is 2.31. The van der Waals surface area contributed by atoms with Gasteiger partial charge in [-0.2, -0.15) is 0 Å². The van der Waals surface area contributed by atoms with E-state index in [9.17, 15) is 34.2 Å². The molecular weight excluding hydrogens is 604 g/mol. The molecule has 0 spiro atoms. The van der Waals surface area contributed by atoms with E-state index in [4.69, 9.17) is 9.47 Å². The number of esters is 2. The smallest absolute Gasteiger partial charge is 0.308 e. The van der Waals surface area contributed by atoms with E-state index in [1.807, 2.05) is 0 Å². The van der Waals surface area contributed by atoms with E-state index >= 15 is 0 Å². The topological polar surface area (TPSA) is 193 Å². The quantitative estimate of drug-likeness (QED) is 0.0788. The molecule has 1 aromatic rings. The number of unbranched alkanes of at least 4 members (excludes halogenated alkanes) is 1. The van der Waals surface area contributed by atoms with Crippen molar-refractivity contribution in [1.29, 1.82) is 0 Å². The van der Waals surface area contributed by atoms with Crippen LogP contribution in [0.4, 0.5) is 0 Å². The molecule has 3 amide bonds. The molecule has 0 fully saturated rings. The van der Waals surface area contributed by atoms with E-state index in [-0.39, 0.29) is 50.6 Å². The summed E-state index contributed by atoms with van der Waals surface area (Å²) in [6, 6.07) is -2.94. The molecule has 0 saturated carbocycles. The first-order valence-corrected chi connectivity index (χ1v) is 16.1. The Bertz CT molecular complexity index is 1110. The number of aliphatic hydroxyl groups excluding tert-OH is 2. The lowest BCUT2D eigenvalue weighted by Crippen LogP contribution is -2.56. The number of aromatic nitrogens is 1. The third-order valence-electron chi connectivity index (χ3n) is 6.49. The Morgan fingerprint density at radius 1 is 1.00 bits per heavy atom. The highest BCUT2D eigenvalue weighted by molar-refractivity contribution is 7.07. The summed E-state index contributed by atoms with van der Waals surface area (Å²) in [5.74, 6) is -3.02. The van der Waals surface area contributed by atoms with Crippen LogP contribution in [0.15, 0.2) is 23.5 Å². The number of hydrogen-bond donors (Lipinski definition) is 5. The summed E-state index contributed by atoms with van der Waals surface area (Å²) >= 11 is 1.32. The summed E-state index contributed by atoms with van der Waals surface area (Å²) < 4.78 is 10.2. The second-order valence-corrected chi connectivity index (χ2v) is 13.0. The summed E-state index contributed by atoms with van der Waals surface area (Å²) in [4.78, 5) is 66.9. The number of carbonyl (C=O) groups is 5. The van der Waals surface area contributed by atoms with E-state index < -0.39 is 59.6 Å². The first kappa shape index (κ1) is 39.7. The first-order valence-electron chi connectivity index (χ1n) is 15.1. The van der Waals surface area contributed by atoms with Crippen molar-refractivity contribution in [1.82, 2.24) is 20.9 Å². The predicted molar refractivity (Wildman–Crippen MR) is 169 cm³/mol. The Labute approximate surface area is 269 Å². The van der Waals surface area contributed by atoms with Gasteiger partial charge in [-0.15, -0.1) is 11.3 Å². The normalized spacial score (nSPS) is 14.8. The van der Waals surface area contributed by atoms with Crippen LogP contribution in [0.1, 0.15) is 85.8 Å². The molecule has 0 unspecified atom stereocenters. The van der Waals surface area contributed by atoms with Crippen molar-refractivity contribution in [3.63, 3.8) is 0 Å². The Morgan fingerprint density at radius 3 is 2.27 bits per heavy atom. The summed E-state index contributed by atoms with van der Waals surface area (Å²) in [7, 11) is 0. The van der Waals surface area contributed by atoms with Gasteiger partial charge in [0, 0.05) is 18.2 Å². The molecule has 254 valence electrons. The number of hydrogen-bond acceptors (Lipinski definition) is 11. The van der Waals surface area contributed by atoms with Gasteiger partial charge in [-0.25, -0.2) is 4.98 Å². The van der Waals surface area contributed by atoms with Gasteiger partial charge in [-0.1, -0.05) is 32.9 Å². The number of amides is 3. The minimum atomic E-state index is -1.23. The van der Waals surface area contributed by atoms with Gasteiger partial charge in [-0.05, 0) is 46.5 Å². The molecule has 0 aliphatic carbocycles. The molecule has 13 nitrogen and oxygen atoms in total. The van der Waals surface area contributed by atoms with Gasteiger partial charge < -0.3 is 35.6 Å². The molecule has 5 atom stereocenters. The van der Waals surface area contributed by atoms with Gasteiger partial charge in [0.25, 0.3) is 0 Å². The molecule has 1 rings (SSSR count). The van der Waals surface area contributed by atoms with Crippen molar-refractivity contribution in [3.05, 3.63) is 29.2 Å². The van der Waals surface area contributed by atoms with Crippen molar-refractivity contribution in [2.75, 3.05) is 6.61 Å². The largest absolute Gasteiger partial charge is 0.461 e. The van der Waals surface area contributed by atoms with Crippen molar-refractivity contribution >= 4 is 41.0 Å². The highest BCUT2D eigenvalue weighted by atomic mass is 32.1. The maximum Gasteiger partial charge on any atom is 0.308 e. The average molecular weight is 655 g/mol. The lowest BCUT2D eigenvalue weighted by Gasteiger charge is -2.29. The minimum Gasteiger partial charge on any atom is -0.461 e. The van der Waals surface area contributed by atoms with Crippen molar-refractivity contribution in [2.45, 2.75) is 122 Å². The van der Waals surface area contributed by atoms with Crippen LogP contribution in [-0.2, 0) is 39.9 Å². The predicted octanol–water partition coefficient (Wildman–Crippen LogP) is 1.95.